The normalized spacial score (nSPS) is 19.0. The maximum atomic E-state index is 12.4. The number of rotatable bonds is 7. The first-order valence-corrected chi connectivity index (χ1v) is 9.66. The van der Waals surface area contributed by atoms with Crippen LogP contribution in [0.3, 0.4) is 0 Å². The van der Waals surface area contributed by atoms with E-state index in [0.717, 1.165) is 38.3 Å². The summed E-state index contributed by atoms with van der Waals surface area (Å²) >= 11 is 1.40. The summed E-state index contributed by atoms with van der Waals surface area (Å²) < 4.78 is 0. The zero-order chi connectivity index (χ0) is 17.6. The van der Waals surface area contributed by atoms with Gasteiger partial charge < -0.3 is 5.32 Å². The molecule has 0 radical (unpaired) electrons. The van der Waals surface area contributed by atoms with E-state index in [4.69, 9.17) is 0 Å². The molecule has 7 heteroatoms. The van der Waals surface area contributed by atoms with Crippen molar-refractivity contribution in [3.8, 4) is 0 Å². The average Bonchev–Trinajstić information content (AvgIpc) is 3.25. The van der Waals surface area contributed by atoms with Crippen molar-refractivity contribution in [3.63, 3.8) is 0 Å². The molecule has 2 aromatic rings. The number of nitrogens with zero attached hydrogens (tertiary/aromatic N) is 3. The molecule has 1 aromatic carbocycles. The van der Waals surface area contributed by atoms with Gasteiger partial charge in [-0.1, -0.05) is 49.0 Å². The second kappa shape index (κ2) is 8.49. The molecule has 6 nitrogen and oxygen atoms in total. The predicted octanol–water partition coefficient (Wildman–Crippen LogP) is 2.24. The Kier molecular flexibility index (Phi) is 6.09. The van der Waals surface area contributed by atoms with Gasteiger partial charge in [-0.3, -0.25) is 14.8 Å². The molecule has 1 aliphatic rings. The fourth-order valence-corrected chi connectivity index (χ4v) is 3.71. The van der Waals surface area contributed by atoms with Crippen molar-refractivity contribution in [3.05, 3.63) is 41.7 Å². The van der Waals surface area contributed by atoms with Crippen molar-refractivity contribution < 1.29 is 4.79 Å². The molecule has 2 unspecified atom stereocenters. The van der Waals surface area contributed by atoms with E-state index in [-0.39, 0.29) is 17.2 Å². The van der Waals surface area contributed by atoms with E-state index in [1.807, 2.05) is 19.9 Å². The highest BCUT2D eigenvalue weighted by atomic mass is 32.2. The molecule has 0 bridgehead atoms. The lowest BCUT2D eigenvalue weighted by Crippen LogP contribution is -2.40. The van der Waals surface area contributed by atoms with E-state index in [9.17, 15) is 4.79 Å². The van der Waals surface area contributed by atoms with Crippen LogP contribution in [0.5, 0.6) is 0 Å². The second-order valence-corrected chi connectivity index (χ2v) is 7.70. The van der Waals surface area contributed by atoms with Gasteiger partial charge >= 0.3 is 0 Å². The van der Waals surface area contributed by atoms with Crippen LogP contribution in [0.4, 0.5) is 0 Å². The molecule has 0 aliphatic carbocycles. The zero-order valence-corrected chi connectivity index (χ0v) is 15.6. The Morgan fingerprint density at radius 1 is 1.44 bits per heavy atom. The zero-order valence-electron chi connectivity index (χ0n) is 14.7. The van der Waals surface area contributed by atoms with E-state index in [2.05, 4.69) is 49.7 Å². The molecule has 1 amide bonds. The summed E-state index contributed by atoms with van der Waals surface area (Å²) in [4.78, 5) is 19.2. The van der Waals surface area contributed by atoms with Gasteiger partial charge in [0.2, 0.25) is 11.1 Å². The van der Waals surface area contributed by atoms with Gasteiger partial charge in [0.05, 0.1) is 5.25 Å². The van der Waals surface area contributed by atoms with Gasteiger partial charge in [0.15, 0.2) is 0 Å². The standard InChI is InChI=1S/C18H25N5OS/c1-3-16-20-18(22-21-16)25-13(2)17(24)19-15-9-10-23(12-15)11-14-7-5-4-6-8-14/h4-8,13,15H,3,9-12H2,1-2H3,(H,19,24)(H,20,21,22). The number of thioether (sulfide) groups is 1. The van der Waals surface area contributed by atoms with E-state index in [0.29, 0.717) is 5.16 Å². The quantitative estimate of drug-likeness (QED) is 0.742. The number of aromatic amines is 1. The lowest BCUT2D eigenvalue weighted by molar-refractivity contribution is -0.120. The van der Waals surface area contributed by atoms with Crippen LogP contribution in [-0.2, 0) is 17.8 Å². The number of aromatic nitrogens is 3. The number of hydrogen-bond donors (Lipinski definition) is 2. The largest absolute Gasteiger partial charge is 0.351 e. The van der Waals surface area contributed by atoms with Gasteiger partial charge in [-0.25, -0.2) is 4.98 Å². The average molecular weight is 359 g/mol. The van der Waals surface area contributed by atoms with Crippen LogP contribution < -0.4 is 5.32 Å². The first-order chi connectivity index (χ1) is 12.1. The Bertz CT molecular complexity index is 690. The Balaban J connectivity index is 1.45. The van der Waals surface area contributed by atoms with E-state index >= 15 is 0 Å². The third kappa shape index (κ3) is 5.06. The molecule has 2 heterocycles. The van der Waals surface area contributed by atoms with Crippen LogP contribution in [-0.4, -0.2) is 50.4 Å². The number of amides is 1. The SMILES string of the molecule is CCc1nc(SC(C)C(=O)NC2CCN(Cc3ccccc3)C2)n[nH]1. The lowest BCUT2D eigenvalue weighted by atomic mass is 10.2. The van der Waals surface area contributed by atoms with Gasteiger partial charge in [0, 0.05) is 32.1 Å². The van der Waals surface area contributed by atoms with Gasteiger partial charge in [-0.2, -0.15) is 0 Å². The van der Waals surface area contributed by atoms with Gasteiger partial charge in [0.25, 0.3) is 0 Å². The second-order valence-electron chi connectivity index (χ2n) is 6.39. The van der Waals surface area contributed by atoms with Crippen LogP contribution in [0.2, 0.25) is 0 Å². The number of likely N-dealkylation sites (tertiary alicyclic amines) is 1. The minimum absolute atomic E-state index is 0.0550. The maximum Gasteiger partial charge on any atom is 0.233 e. The monoisotopic (exact) mass is 359 g/mol. The van der Waals surface area contributed by atoms with Crippen LogP contribution >= 0.6 is 11.8 Å². The summed E-state index contributed by atoms with van der Waals surface area (Å²) in [5.74, 6) is 0.905. The van der Waals surface area contributed by atoms with E-state index in [1.54, 1.807) is 0 Å². The minimum Gasteiger partial charge on any atom is -0.351 e. The molecular weight excluding hydrogens is 334 g/mol. The van der Waals surface area contributed by atoms with Crippen molar-refractivity contribution in [2.24, 2.45) is 0 Å². The van der Waals surface area contributed by atoms with Gasteiger partial charge in [0.1, 0.15) is 5.82 Å². The van der Waals surface area contributed by atoms with E-state index < -0.39 is 0 Å². The molecule has 2 atom stereocenters. The summed E-state index contributed by atoms with van der Waals surface area (Å²) in [6.07, 6.45) is 1.81. The van der Waals surface area contributed by atoms with Crippen molar-refractivity contribution in [1.82, 2.24) is 25.4 Å². The fourth-order valence-electron chi connectivity index (χ4n) is 2.95. The van der Waals surface area contributed by atoms with Gasteiger partial charge in [-0.15, -0.1) is 5.10 Å². The number of H-pyrrole nitrogens is 1. The molecule has 0 saturated carbocycles. The number of hydrogen-bond acceptors (Lipinski definition) is 5. The highest BCUT2D eigenvalue weighted by Crippen LogP contribution is 2.20. The number of carbonyl (C=O) groups excluding carboxylic acids is 1. The first-order valence-electron chi connectivity index (χ1n) is 8.78. The van der Waals surface area contributed by atoms with Crippen LogP contribution in [0, 0.1) is 0 Å². The molecule has 3 rings (SSSR count). The molecule has 1 saturated heterocycles. The summed E-state index contributed by atoms with van der Waals surface area (Å²) in [5.41, 5.74) is 1.31. The van der Waals surface area contributed by atoms with Crippen LogP contribution in [0.1, 0.15) is 31.7 Å². The Hall–Kier alpha value is -1.86. The third-order valence-electron chi connectivity index (χ3n) is 4.37. The van der Waals surface area contributed by atoms with Crippen LogP contribution in [0.25, 0.3) is 0 Å². The summed E-state index contributed by atoms with van der Waals surface area (Å²) in [5, 5.41) is 10.6. The minimum atomic E-state index is -0.205. The van der Waals surface area contributed by atoms with Crippen molar-refractivity contribution in [1.29, 1.82) is 0 Å². The Morgan fingerprint density at radius 2 is 2.24 bits per heavy atom. The molecule has 1 aliphatic heterocycles. The van der Waals surface area contributed by atoms with Crippen LogP contribution in [0.15, 0.2) is 35.5 Å². The topological polar surface area (TPSA) is 73.9 Å². The summed E-state index contributed by atoms with van der Waals surface area (Å²) in [6.45, 7) is 6.78. The first kappa shape index (κ1) is 17.9. The Morgan fingerprint density at radius 3 is 2.96 bits per heavy atom. The highest BCUT2D eigenvalue weighted by molar-refractivity contribution is 8.00. The Labute approximate surface area is 152 Å². The molecule has 25 heavy (non-hydrogen) atoms. The van der Waals surface area contributed by atoms with Crippen molar-refractivity contribution in [2.75, 3.05) is 13.1 Å². The smallest absolute Gasteiger partial charge is 0.233 e. The molecular formula is C18H25N5OS. The van der Waals surface area contributed by atoms with Crippen molar-refractivity contribution in [2.45, 2.75) is 49.7 Å². The summed E-state index contributed by atoms with van der Waals surface area (Å²) in [6, 6.07) is 10.7. The van der Waals surface area contributed by atoms with Gasteiger partial charge in [-0.05, 0) is 18.9 Å². The summed E-state index contributed by atoms with van der Waals surface area (Å²) in [7, 11) is 0. The van der Waals surface area contributed by atoms with Crippen molar-refractivity contribution >= 4 is 17.7 Å². The predicted molar refractivity (Wildman–Crippen MR) is 99.3 cm³/mol. The number of benzene rings is 1. The lowest BCUT2D eigenvalue weighted by Gasteiger charge is -2.18. The fraction of sp³-hybridized carbons (Fsp3) is 0.500. The molecule has 1 fully saturated rings. The highest BCUT2D eigenvalue weighted by Gasteiger charge is 2.26. The maximum absolute atomic E-state index is 12.4. The molecule has 1 aromatic heterocycles. The number of aryl methyl sites for hydroxylation is 1. The number of nitrogens with one attached hydrogen (secondary N) is 2. The molecule has 2 N–H and O–H groups in total. The van der Waals surface area contributed by atoms with E-state index in [1.165, 1.54) is 17.3 Å². The molecule has 134 valence electrons. The number of carbonyl (C=O) groups is 1. The molecule has 0 spiro atoms. The third-order valence-corrected chi connectivity index (χ3v) is 5.33.